The summed E-state index contributed by atoms with van der Waals surface area (Å²) >= 11 is 0. The molecule has 0 fully saturated rings. The van der Waals surface area contributed by atoms with E-state index in [2.05, 4.69) is 168 Å². The first-order valence-corrected chi connectivity index (χ1v) is 16.9. The van der Waals surface area contributed by atoms with Gasteiger partial charge in [-0.3, -0.25) is 0 Å². The summed E-state index contributed by atoms with van der Waals surface area (Å²) in [5.41, 5.74) is 15.3. The Morgan fingerprint density at radius 2 is 1.18 bits per heavy atom. The molecule has 1 aromatic heterocycles. The highest BCUT2D eigenvalue weighted by molar-refractivity contribution is 6.19. The van der Waals surface area contributed by atoms with Crippen molar-refractivity contribution in [2.45, 2.75) is 6.42 Å². The number of rotatable bonds is 6. The van der Waals surface area contributed by atoms with Gasteiger partial charge in [0.1, 0.15) is 0 Å². The molecule has 0 aliphatic carbocycles. The Morgan fingerprint density at radius 1 is 0.469 bits per heavy atom. The largest absolute Gasteiger partial charge is 0.405 e. The molecule has 9 rings (SSSR count). The average molecular weight is 627 g/mol. The second-order valence-corrected chi connectivity index (χ2v) is 12.7. The number of benzene rings is 8. The normalized spacial score (nSPS) is 12.1. The van der Waals surface area contributed by atoms with Crippen molar-refractivity contribution in [3.8, 4) is 27.9 Å². The lowest BCUT2D eigenvalue weighted by Crippen LogP contribution is -1.95. The fourth-order valence-corrected chi connectivity index (χ4v) is 7.54. The summed E-state index contributed by atoms with van der Waals surface area (Å²) in [6.07, 6.45) is 8.42. The van der Waals surface area contributed by atoms with E-state index in [9.17, 15) is 0 Å². The lowest BCUT2D eigenvalue weighted by molar-refractivity contribution is 1.18. The number of nitrogens with two attached hydrogens (primary N) is 1. The van der Waals surface area contributed by atoms with Crippen LogP contribution >= 0.6 is 0 Å². The first kappa shape index (κ1) is 28.8. The maximum Gasteiger partial charge on any atom is 0.0619 e. The van der Waals surface area contributed by atoms with Gasteiger partial charge in [0.25, 0.3) is 0 Å². The van der Waals surface area contributed by atoms with Crippen LogP contribution < -0.4 is 5.73 Å². The third-order valence-corrected chi connectivity index (χ3v) is 9.81. The van der Waals surface area contributed by atoms with Crippen LogP contribution in [-0.2, 0) is 6.42 Å². The van der Waals surface area contributed by atoms with Gasteiger partial charge < -0.3 is 10.3 Å². The highest BCUT2D eigenvalue weighted by Crippen LogP contribution is 2.40. The molecule has 8 aromatic carbocycles. The molecule has 0 bridgehead atoms. The molecule has 2 nitrogen and oxygen atoms in total. The number of fused-ring (bicyclic) bond motifs is 8. The van der Waals surface area contributed by atoms with Crippen molar-refractivity contribution in [2.75, 3.05) is 0 Å². The van der Waals surface area contributed by atoms with E-state index in [1.807, 2.05) is 12.2 Å². The monoisotopic (exact) mass is 626 g/mol. The van der Waals surface area contributed by atoms with Gasteiger partial charge in [-0.15, -0.1) is 0 Å². The number of allylic oxidation sites excluding steroid dienone is 3. The van der Waals surface area contributed by atoms with Crippen LogP contribution in [0.3, 0.4) is 0 Å². The van der Waals surface area contributed by atoms with Crippen LogP contribution in [-0.4, -0.2) is 4.57 Å². The zero-order valence-electron chi connectivity index (χ0n) is 27.1. The van der Waals surface area contributed by atoms with Crippen LogP contribution in [0.25, 0.3) is 82.1 Å². The predicted octanol–water partition coefficient (Wildman–Crippen LogP) is 12.1. The summed E-state index contributed by atoms with van der Waals surface area (Å²) in [6, 6.07) is 57.9. The standard InChI is InChI=1S/C47H34N2/c48-27-10-2-3-12-32-21-24-43-44-26-23-37-30-34(22-25-40(37)47(44)49(46(43)28-32)38-16-4-1-5-17-38)33-14-11-15-35(29-33)45-31-36-13-6-7-18-39(36)41-19-8-9-20-42(41)45/h1-11,13-31H,12,48H2/b3-2-,27-10-. The molecule has 0 saturated heterocycles. The van der Waals surface area contributed by atoms with E-state index in [1.165, 1.54) is 81.9 Å². The fraction of sp³-hybridized carbons (Fsp3) is 0.0213. The maximum absolute atomic E-state index is 5.53. The summed E-state index contributed by atoms with van der Waals surface area (Å²) in [6.45, 7) is 0. The summed E-state index contributed by atoms with van der Waals surface area (Å²) in [5, 5.41) is 10.1. The van der Waals surface area contributed by atoms with Gasteiger partial charge in [0.15, 0.2) is 0 Å². The second-order valence-electron chi connectivity index (χ2n) is 12.7. The van der Waals surface area contributed by atoms with Gasteiger partial charge in [0, 0.05) is 21.8 Å². The Morgan fingerprint density at radius 3 is 2.06 bits per heavy atom. The van der Waals surface area contributed by atoms with Crippen molar-refractivity contribution in [3.63, 3.8) is 0 Å². The van der Waals surface area contributed by atoms with E-state index in [-0.39, 0.29) is 0 Å². The zero-order valence-corrected chi connectivity index (χ0v) is 27.1. The van der Waals surface area contributed by atoms with Gasteiger partial charge in [-0.25, -0.2) is 0 Å². The van der Waals surface area contributed by atoms with Gasteiger partial charge in [0.2, 0.25) is 0 Å². The molecule has 232 valence electrons. The van der Waals surface area contributed by atoms with Crippen molar-refractivity contribution in [2.24, 2.45) is 5.73 Å². The van der Waals surface area contributed by atoms with Crippen LogP contribution in [0.5, 0.6) is 0 Å². The smallest absolute Gasteiger partial charge is 0.0619 e. The van der Waals surface area contributed by atoms with Crippen LogP contribution in [0.15, 0.2) is 182 Å². The van der Waals surface area contributed by atoms with Crippen LogP contribution in [0.2, 0.25) is 0 Å². The number of hydrogen-bond acceptors (Lipinski definition) is 1. The fourth-order valence-electron chi connectivity index (χ4n) is 7.54. The molecule has 0 aliphatic heterocycles. The minimum Gasteiger partial charge on any atom is -0.405 e. The molecule has 0 atom stereocenters. The second kappa shape index (κ2) is 12.0. The van der Waals surface area contributed by atoms with E-state index in [4.69, 9.17) is 5.73 Å². The van der Waals surface area contributed by atoms with Gasteiger partial charge in [-0.05, 0) is 110 Å². The Balaban J connectivity index is 1.20. The van der Waals surface area contributed by atoms with Gasteiger partial charge in [-0.1, -0.05) is 133 Å². The molecule has 9 aromatic rings. The molecular weight excluding hydrogens is 593 g/mol. The number of aromatic nitrogens is 1. The van der Waals surface area contributed by atoms with Crippen LogP contribution in [0.4, 0.5) is 0 Å². The SMILES string of the molecule is N/C=C\C=C/Cc1ccc2c3ccc4cc(-c5cccc(-c6cc7ccccc7c7ccccc67)c5)ccc4c3n(-c3ccccc3)c2c1. The highest BCUT2D eigenvalue weighted by atomic mass is 15.0. The summed E-state index contributed by atoms with van der Waals surface area (Å²) in [4.78, 5) is 0. The molecule has 0 amide bonds. The van der Waals surface area contributed by atoms with E-state index < -0.39 is 0 Å². The zero-order chi connectivity index (χ0) is 32.7. The van der Waals surface area contributed by atoms with E-state index in [1.54, 1.807) is 6.20 Å². The third-order valence-electron chi connectivity index (χ3n) is 9.81. The molecule has 2 N–H and O–H groups in total. The van der Waals surface area contributed by atoms with Gasteiger partial charge >= 0.3 is 0 Å². The summed E-state index contributed by atoms with van der Waals surface area (Å²) in [7, 11) is 0. The average Bonchev–Trinajstić information content (AvgIpc) is 3.50. The van der Waals surface area contributed by atoms with E-state index in [0.717, 1.165) is 12.1 Å². The molecule has 0 saturated carbocycles. The molecule has 0 unspecified atom stereocenters. The quantitative estimate of drug-likeness (QED) is 0.144. The lowest BCUT2D eigenvalue weighted by Gasteiger charge is -2.13. The van der Waals surface area contributed by atoms with Crippen molar-refractivity contribution in [3.05, 3.63) is 188 Å². The summed E-state index contributed by atoms with van der Waals surface area (Å²) in [5.74, 6) is 0. The molecular formula is C47H34N2. The molecule has 2 heteroatoms. The lowest BCUT2D eigenvalue weighted by atomic mass is 9.91. The molecule has 1 heterocycles. The predicted molar refractivity (Wildman–Crippen MR) is 210 cm³/mol. The maximum atomic E-state index is 5.53. The van der Waals surface area contributed by atoms with Crippen molar-refractivity contribution >= 4 is 54.1 Å². The Kier molecular flexibility index (Phi) is 7.06. The third kappa shape index (κ3) is 4.97. The number of hydrogen-bond donors (Lipinski definition) is 1. The molecule has 0 spiro atoms. The molecule has 49 heavy (non-hydrogen) atoms. The van der Waals surface area contributed by atoms with Crippen LogP contribution in [0, 0.1) is 0 Å². The number of para-hydroxylation sites is 1. The minimum absolute atomic E-state index is 0.842. The van der Waals surface area contributed by atoms with Crippen LogP contribution in [0.1, 0.15) is 5.56 Å². The number of nitrogens with zero attached hydrogens (tertiary/aromatic N) is 1. The molecule has 0 aliphatic rings. The van der Waals surface area contributed by atoms with E-state index in [0.29, 0.717) is 0 Å². The Bertz CT molecular complexity index is 2750. The molecule has 0 radical (unpaired) electrons. The Hall–Kier alpha value is -6.38. The topological polar surface area (TPSA) is 30.9 Å². The first-order chi connectivity index (χ1) is 24.3. The minimum atomic E-state index is 0.842. The first-order valence-electron chi connectivity index (χ1n) is 16.9. The van der Waals surface area contributed by atoms with Gasteiger partial charge in [-0.2, -0.15) is 0 Å². The van der Waals surface area contributed by atoms with Crippen molar-refractivity contribution < 1.29 is 0 Å². The van der Waals surface area contributed by atoms with Gasteiger partial charge in [0.05, 0.1) is 11.0 Å². The van der Waals surface area contributed by atoms with Crippen molar-refractivity contribution in [1.29, 1.82) is 0 Å². The highest BCUT2D eigenvalue weighted by Gasteiger charge is 2.16. The van der Waals surface area contributed by atoms with Crippen molar-refractivity contribution in [1.82, 2.24) is 4.57 Å². The van der Waals surface area contributed by atoms with E-state index >= 15 is 0 Å². The summed E-state index contributed by atoms with van der Waals surface area (Å²) < 4.78 is 2.44. The Labute approximate surface area is 285 Å².